The fourth-order valence-corrected chi connectivity index (χ4v) is 6.62. The molecule has 0 amide bonds. The number of aromatic nitrogens is 1. The summed E-state index contributed by atoms with van der Waals surface area (Å²) in [5, 5.41) is 2.56. The van der Waals surface area contributed by atoms with Crippen LogP contribution in [0.15, 0.2) is 54.7 Å². The molecule has 0 aliphatic carbocycles. The van der Waals surface area contributed by atoms with Crippen LogP contribution in [0.5, 0.6) is 0 Å². The molecular weight excluding hydrogens is 351 g/mol. The number of hydrogen-bond acceptors (Lipinski definition) is 1. The Morgan fingerprint density at radius 2 is 1.62 bits per heavy atom. The van der Waals surface area contributed by atoms with Crippen molar-refractivity contribution in [2.45, 2.75) is 37.5 Å². The maximum absolute atomic E-state index is 4.84. The Morgan fingerprint density at radius 1 is 0.917 bits per heavy atom. The molecule has 0 fully saturated rings. The first-order valence-electron chi connectivity index (χ1n) is 8.83. The van der Waals surface area contributed by atoms with Gasteiger partial charge in [-0.3, -0.25) is 0 Å². The molecule has 0 bridgehead atoms. The molecular formula is C22H27GeN. The minimum atomic E-state index is -1.90. The van der Waals surface area contributed by atoms with Gasteiger partial charge in [0.25, 0.3) is 0 Å². The first-order chi connectivity index (χ1) is 11.3. The Bertz CT molecular complexity index is 859. The van der Waals surface area contributed by atoms with Crippen molar-refractivity contribution in [3.63, 3.8) is 0 Å². The van der Waals surface area contributed by atoms with E-state index >= 15 is 0 Å². The number of rotatable bonds is 4. The molecule has 0 atom stereocenters. The second kappa shape index (κ2) is 6.72. The zero-order valence-corrected chi connectivity index (χ0v) is 17.5. The minimum absolute atomic E-state index is 0.667. The summed E-state index contributed by atoms with van der Waals surface area (Å²) in [5.41, 5.74) is 3.83. The van der Waals surface area contributed by atoms with E-state index in [4.69, 9.17) is 4.98 Å². The molecule has 24 heavy (non-hydrogen) atoms. The molecule has 1 aromatic heterocycles. The molecule has 0 saturated carbocycles. The molecule has 0 N–H and O–H groups in total. The van der Waals surface area contributed by atoms with Crippen LogP contribution < -0.4 is 4.40 Å². The van der Waals surface area contributed by atoms with Crippen LogP contribution in [0, 0.1) is 5.92 Å². The van der Waals surface area contributed by atoms with Crippen molar-refractivity contribution < 1.29 is 0 Å². The molecule has 0 saturated heterocycles. The summed E-state index contributed by atoms with van der Waals surface area (Å²) in [7, 11) is 0. The second-order valence-corrected chi connectivity index (χ2v) is 18.7. The third-order valence-electron chi connectivity index (χ3n) is 4.47. The predicted octanol–water partition coefficient (Wildman–Crippen LogP) is 5.65. The molecule has 1 nitrogen and oxygen atoms in total. The van der Waals surface area contributed by atoms with E-state index in [1.165, 1.54) is 21.9 Å². The van der Waals surface area contributed by atoms with E-state index in [0.717, 1.165) is 12.1 Å². The first kappa shape index (κ1) is 17.2. The van der Waals surface area contributed by atoms with Crippen LogP contribution in [-0.2, 0) is 6.42 Å². The van der Waals surface area contributed by atoms with Crippen molar-refractivity contribution in [3.05, 3.63) is 60.3 Å². The van der Waals surface area contributed by atoms with E-state index in [0.29, 0.717) is 5.92 Å². The van der Waals surface area contributed by atoms with Crippen molar-refractivity contribution in [2.24, 2.45) is 5.92 Å². The summed E-state index contributed by atoms with van der Waals surface area (Å²) in [4.78, 5) is 4.84. The molecule has 3 rings (SSSR count). The average Bonchev–Trinajstić information content (AvgIpc) is 2.52. The molecule has 0 aliphatic heterocycles. The van der Waals surface area contributed by atoms with Gasteiger partial charge in [0.2, 0.25) is 0 Å². The second-order valence-electron chi connectivity index (χ2n) is 8.14. The number of benzene rings is 2. The van der Waals surface area contributed by atoms with Crippen molar-refractivity contribution in [1.82, 2.24) is 4.98 Å². The van der Waals surface area contributed by atoms with Gasteiger partial charge in [-0.1, -0.05) is 0 Å². The number of fused-ring (bicyclic) bond motifs is 1. The van der Waals surface area contributed by atoms with Crippen LogP contribution in [-0.4, -0.2) is 18.3 Å². The van der Waals surface area contributed by atoms with Crippen LogP contribution in [0.1, 0.15) is 19.4 Å². The maximum atomic E-state index is 4.84. The zero-order valence-electron chi connectivity index (χ0n) is 15.4. The van der Waals surface area contributed by atoms with E-state index in [-0.39, 0.29) is 0 Å². The zero-order chi connectivity index (χ0) is 17.3. The summed E-state index contributed by atoms with van der Waals surface area (Å²) < 4.78 is 1.55. The van der Waals surface area contributed by atoms with Crippen molar-refractivity contribution in [2.75, 3.05) is 0 Å². The molecule has 1 heterocycles. The Morgan fingerprint density at radius 3 is 2.29 bits per heavy atom. The number of pyridine rings is 1. The normalized spacial score (nSPS) is 12.1. The Labute approximate surface area is 148 Å². The Balaban J connectivity index is 2.09. The molecule has 3 aromatic rings. The topological polar surface area (TPSA) is 12.9 Å². The van der Waals surface area contributed by atoms with Gasteiger partial charge in [0, 0.05) is 0 Å². The average molecular weight is 378 g/mol. The Kier molecular flexibility index (Phi) is 4.82. The van der Waals surface area contributed by atoms with Crippen molar-refractivity contribution in [3.8, 4) is 11.3 Å². The van der Waals surface area contributed by atoms with Crippen molar-refractivity contribution >= 4 is 28.4 Å². The first-order valence-corrected chi connectivity index (χ1v) is 16.2. The van der Waals surface area contributed by atoms with Crippen LogP contribution in [0.25, 0.3) is 22.0 Å². The van der Waals surface area contributed by atoms with Gasteiger partial charge in [-0.25, -0.2) is 0 Å². The van der Waals surface area contributed by atoms with Crippen LogP contribution >= 0.6 is 0 Å². The monoisotopic (exact) mass is 379 g/mol. The standard InChI is InChI=1S/C22H27GeN/c1-16(2)12-20-14-22(24-15-21(20)23(3,4)5)19-11-10-17-8-6-7-9-18(17)13-19/h6-11,13-16H,12H2,1-5H3. The van der Waals surface area contributed by atoms with Gasteiger partial charge in [-0.2, -0.15) is 0 Å². The van der Waals surface area contributed by atoms with E-state index in [9.17, 15) is 0 Å². The van der Waals surface area contributed by atoms with E-state index in [2.05, 4.69) is 85.8 Å². The van der Waals surface area contributed by atoms with Crippen LogP contribution in [0.2, 0.25) is 17.3 Å². The summed E-state index contributed by atoms with van der Waals surface area (Å²) in [6, 6.07) is 17.5. The van der Waals surface area contributed by atoms with Gasteiger partial charge in [-0.05, 0) is 0 Å². The third kappa shape index (κ3) is 3.72. The molecule has 2 aromatic carbocycles. The van der Waals surface area contributed by atoms with E-state index < -0.39 is 13.3 Å². The molecule has 0 unspecified atom stereocenters. The fraction of sp³-hybridized carbons (Fsp3) is 0.318. The Hall–Kier alpha value is -1.61. The fourth-order valence-electron chi connectivity index (χ4n) is 3.29. The number of hydrogen-bond donors (Lipinski definition) is 0. The van der Waals surface area contributed by atoms with Gasteiger partial charge < -0.3 is 0 Å². The molecule has 2 heteroatoms. The van der Waals surface area contributed by atoms with Crippen LogP contribution in [0.4, 0.5) is 0 Å². The molecule has 0 radical (unpaired) electrons. The van der Waals surface area contributed by atoms with Crippen LogP contribution in [0.3, 0.4) is 0 Å². The van der Waals surface area contributed by atoms with Gasteiger partial charge in [0.1, 0.15) is 0 Å². The third-order valence-corrected chi connectivity index (χ3v) is 8.81. The van der Waals surface area contributed by atoms with Crippen molar-refractivity contribution in [1.29, 1.82) is 0 Å². The number of nitrogens with zero attached hydrogens (tertiary/aromatic N) is 1. The SMILES string of the molecule is CC(C)Cc1cc(-c2ccc3ccccc3c2)nc[c]1[Ge]([CH3])([CH3])[CH3]. The summed E-state index contributed by atoms with van der Waals surface area (Å²) in [5.74, 6) is 8.03. The van der Waals surface area contributed by atoms with Gasteiger partial charge in [-0.15, -0.1) is 0 Å². The molecule has 124 valence electrons. The summed E-state index contributed by atoms with van der Waals surface area (Å²) in [6.45, 7) is 4.60. The van der Waals surface area contributed by atoms with Gasteiger partial charge in [0.05, 0.1) is 0 Å². The summed E-state index contributed by atoms with van der Waals surface area (Å²) in [6.07, 6.45) is 3.31. The molecule has 0 aliphatic rings. The quantitative estimate of drug-likeness (QED) is 0.535. The summed E-state index contributed by atoms with van der Waals surface area (Å²) >= 11 is -1.90. The van der Waals surface area contributed by atoms with E-state index in [1.54, 1.807) is 4.40 Å². The van der Waals surface area contributed by atoms with Gasteiger partial charge >= 0.3 is 148 Å². The predicted molar refractivity (Wildman–Crippen MR) is 109 cm³/mol. The van der Waals surface area contributed by atoms with Gasteiger partial charge in [0.15, 0.2) is 0 Å². The molecule has 0 spiro atoms. The van der Waals surface area contributed by atoms with E-state index in [1.807, 2.05) is 0 Å².